The van der Waals surface area contributed by atoms with Gasteiger partial charge in [-0.15, -0.1) is 0 Å². The number of nitrogens with one attached hydrogen (secondary N) is 1. The molecule has 34 heavy (non-hydrogen) atoms. The third-order valence-corrected chi connectivity index (χ3v) is 6.47. The largest absolute Gasteiger partial charge is 0.502 e. The van der Waals surface area contributed by atoms with Gasteiger partial charge >= 0.3 is 5.69 Å². The summed E-state index contributed by atoms with van der Waals surface area (Å²) in [6, 6.07) is 2.25. The fraction of sp³-hybridized carbons (Fsp3) is 0.478. The third kappa shape index (κ3) is 4.02. The van der Waals surface area contributed by atoms with E-state index in [1.54, 1.807) is 12.1 Å². The highest BCUT2D eigenvalue weighted by molar-refractivity contribution is 6.04. The van der Waals surface area contributed by atoms with Crippen LogP contribution in [0.2, 0.25) is 0 Å². The molecular formula is C23H28N4O7. The predicted octanol–water partition coefficient (Wildman–Crippen LogP) is 2.17. The van der Waals surface area contributed by atoms with E-state index in [4.69, 9.17) is 9.47 Å². The van der Waals surface area contributed by atoms with Gasteiger partial charge in [-0.3, -0.25) is 19.1 Å². The number of aromatic amines is 1. The van der Waals surface area contributed by atoms with Gasteiger partial charge in [0.25, 0.3) is 5.56 Å². The number of hydrazone groups is 1. The normalized spacial score (nSPS) is 18.6. The first-order valence-electron chi connectivity index (χ1n) is 11.2. The minimum absolute atomic E-state index is 0.0934. The SMILES string of the molecule is COc1cc([C@H]2CC(c3c(O)n(C4CCCCC4)c(=O)[nH]c3=O)=NN2C(C)=O)cc(OC)c1O. The number of benzene rings is 1. The second kappa shape index (κ2) is 9.24. The van der Waals surface area contributed by atoms with Gasteiger partial charge in [-0.2, -0.15) is 5.10 Å². The fourth-order valence-corrected chi connectivity index (χ4v) is 4.79. The van der Waals surface area contributed by atoms with E-state index in [0.717, 1.165) is 32.1 Å². The zero-order chi connectivity index (χ0) is 24.6. The summed E-state index contributed by atoms with van der Waals surface area (Å²) >= 11 is 0. The first-order valence-corrected chi connectivity index (χ1v) is 11.2. The van der Waals surface area contributed by atoms with Gasteiger partial charge in [0.2, 0.25) is 17.5 Å². The maximum absolute atomic E-state index is 12.8. The second-order valence-corrected chi connectivity index (χ2v) is 8.52. The number of aromatic nitrogens is 2. The Balaban J connectivity index is 1.79. The van der Waals surface area contributed by atoms with Crippen LogP contribution in [-0.2, 0) is 4.79 Å². The molecule has 0 spiro atoms. The first kappa shape index (κ1) is 23.4. The van der Waals surface area contributed by atoms with E-state index in [-0.39, 0.29) is 46.9 Å². The van der Waals surface area contributed by atoms with Gasteiger partial charge in [-0.1, -0.05) is 19.3 Å². The molecule has 182 valence electrons. The Kier molecular flexibility index (Phi) is 6.36. The van der Waals surface area contributed by atoms with E-state index in [1.165, 1.54) is 30.7 Å². The number of ether oxygens (including phenoxy) is 2. The van der Waals surface area contributed by atoms with Crippen LogP contribution in [0.15, 0.2) is 26.8 Å². The van der Waals surface area contributed by atoms with Gasteiger partial charge in [-0.25, -0.2) is 9.80 Å². The maximum atomic E-state index is 12.8. The van der Waals surface area contributed by atoms with Crippen LogP contribution in [0.1, 0.15) is 68.7 Å². The summed E-state index contributed by atoms with van der Waals surface area (Å²) in [5.74, 6) is -0.710. The molecule has 1 amide bonds. The summed E-state index contributed by atoms with van der Waals surface area (Å²) in [6.45, 7) is 1.33. The Morgan fingerprint density at radius 2 is 1.71 bits per heavy atom. The van der Waals surface area contributed by atoms with Crippen molar-refractivity contribution in [1.29, 1.82) is 0 Å². The summed E-state index contributed by atoms with van der Waals surface area (Å²) in [4.78, 5) is 40.0. The Labute approximate surface area is 195 Å². The van der Waals surface area contributed by atoms with Crippen LogP contribution in [0.5, 0.6) is 23.1 Å². The van der Waals surface area contributed by atoms with Crippen LogP contribution in [0.25, 0.3) is 0 Å². The molecule has 1 fully saturated rings. The van der Waals surface area contributed by atoms with Crippen molar-refractivity contribution in [2.45, 2.75) is 57.5 Å². The molecule has 3 N–H and O–H groups in total. The van der Waals surface area contributed by atoms with Crippen LogP contribution in [0.3, 0.4) is 0 Å². The highest BCUT2D eigenvalue weighted by Crippen LogP contribution is 2.42. The topological polar surface area (TPSA) is 146 Å². The van der Waals surface area contributed by atoms with E-state index in [9.17, 15) is 24.6 Å². The molecular weight excluding hydrogens is 444 g/mol. The Morgan fingerprint density at radius 1 is 1.09 bits per heavy atom. The van der Waals surface area contributed by atoms with E-state index in [1.807, 2.05) is 0 Å². The quantitative estimate of drug-likeness (QED) is 0.604. The maximum Gasteiger partial charge on any atom is 0.331 e. The van der Waals surface area contributed by atoms with E-state index >= 15 is 0 Å². The van der Waals surface area contributed by atoms with E-state index in [2.05, 4.69) is 10.1 Å². The molecule has 11 heteroatoms. The molecule has 2 heterocycles. The zero-order valence-corrected chi connectivity index (χ0v) is 19.3. The number of nitrogens with zero attached hydrogens (tertiary/aromatic N) is 3. The van der Waals surface area contributed by atoms with Crippen molar-refractivity contribution in [3.8, 4) is 23.1 Å². The summed E-state index contributed by atoms with van der Waals surface area (Å²) in [7, 11) is 2.79. The number of carbonyl (C=O) groups excluding carboxylic acids is 1. The molecule has 2 aliphatic rings. The minimum Gasteiger partial charge on any atom is -0.502 e. The van der Waals surface area contributed by atoms with Crippen molar-refractivity contribution in [3.05, 3.63) is 44.1 Å². The second-order valence-electron chi connectivity index (χ2n) is 8.52. The van der Waals surface area contributed by atoms with Gasteiger partial charge in [-0.05, 0) is 30.5 Å². The standard InChI is InChI=1S/C23H28N4O7/c1-12(28)27-16(13-9-17(33-2)20(29)18(10-13)34-3)11-15(25-27)19-21(30)24-23(32)26(22(19)31)14-7-5-4-6-8-14/h9-10,14,16,29,31H,4-8,11H2,1-3H3,(H,24,30,32)/t16-/m1/s1. The van der Waals surface area contributed by atoms with Gasteiger partial charge in [0.1, 0.15) is 5.56 Å². The minimum atomic E-state index is -0.765. The number of phenolic OH excluding ortho intramolecular Hbond substituents is 1. The van der Waals surface area contributed by atoms with Crippen molar-refractivity contribution < 1.29 is 24.5 Å². The summed E-state index contributed by atoms with van der Waals surface area (Å²) < 4.78 is 11.7. The lowest BCUT2D eigenvalue weighted by Gasteiger charge is -2.25. The van der Waals surface area contributed by atoms with Crippen LogP contribution >= 0.6 is 0 Å². The van der Waals surface area contributed by atoms with Gasteiger partial charge in [0.05, 0.1) is 26.0 Å². The number of phenols is 1. The van der Waals surface area contributed by atoms with Gasteiger partial charge in [0, 0.05) is 19.4 Å². The molecule has 11 nitrogen and oxygen atoms in total. The number of hydrogen-bond donors (Lipinski definition) is 3. The fourth-order valence-electron chi connectivity index (χ4n) is 4.79. The number of amides is 1. The zero-order valence-electron chi connectivity index (χ0n) is 19.3. The molecule has 1 aliphatic carbocycles. The van der Waals surface area contributed by atoms with Crippen molar-refractivity contribution in [3.63, 3.8) is 0 Å². The first-order chi connectivity index (χ1) is 16.3. The Hall–Kier alpha value is -3.76. The molecule has 4 rings (SSSR count). The van der Waals surface area contributed by atoms with Gasteiger partial charge in [0.15, 0.2) is 11.5 Å². The van der Waals surface area contributed by atoms with E-state index in [0.29, 0.717) is 5.56 Å². The van der Waals surface area contributed by atoms with Crippen molar-refractivity contribution in [1.82, 2.24) is 14.6 Å². The smallest absolute Gasteiger partial charge is 0.331 e. The molecule has 1 saturated carbocycles. The third-order valence-electron chi connectivity index (χ3n) is 6.47. The monoisotopic (exact) mass is 472 g/mol. The van der Waals surface area contributed by atoms with Crippen LogP contribution in [0.4, 0.5) is 0 Å². The number of hydrogen-bond acceptors (Lipinski definition) is 8. The van der Waals surface area contributed by atoms with Crippen LogP contribution in [0, 0.1) is 0 Å². The van der Waals surface area contributed by atoms with Crippen molar-refractivity contribution in [2.75, 3.05) is 14.2 Å². The molecule has 0 unspecified atom stereocenters. The molecule has 1 aromatic heterocycles. The number of H-pyrrole nitrogens is 1. The molecule has 1 aliphatic heterocycles. The lowest BCUT2D eigenvalue weighted by Crippen LogP contribution is -2.36. The predicted molar refractivity (Wildman–Crippen MR) is 123 cm³/mol. The number of aromatic hydroxyl groups is 2. The summed E-state index contributed by atoms with van der Waals surface area (Å²) in [5, 5.41) is 26.8. The molecule has 0 saturated heterocycles. The van der Waals surface area contributed by atoms with E-state index < -0.39 is 23.2 Å². The summed E-state index contributed by atoms with van der Waals surface area (Å²) in [6.07, 6.45) is 4.45. The molecule has 1 atom stereocenters. The highest BCUT2D eigenvalue weighted by atomic mass is 16.5. The summed E-state index contributed by atoms with van der Waals surface area (Å²) in [5.41, 5.74) is -0.828. The van der Waals surface area contributed by atoms with Crippen molar-refractivity contribution in [2.24, 2.45) is 5.10 Å². The Bertz CT molecular complexity index is 1230. The van der Waals surface area contributed by atoms with Gasteiger partial charge < -0.3 is 19.7 Å². The van der Waals surface area contributed by atoms with Crippen LogP contribution in [-0.4, -0.2) is 50.6 Å². The molecule has 2 aromatic rings. The molecule has 0 radical (unpaired) electrons. The number of rotatable bonds is 5. The lowest BCUT2D eigenvalue weighted by atomic mass is 9.94. The van der Waals surface area contributed by atoms with Crippen molar-refractivity contribution >= 4 is 11.6 Å². The highest BCUT2D eigenvalue weighted by Gasteiger charge is 2.36. The average Bonchev–Trinajstić information content (AvgIpc) is 3.25. The Morgan fingerprint density at radius 3 is 2.26 bits per heavy atom. The van der Waals surface area contributed by atoms with Crippen LogP contribution < -0.4 is 20.7 Å². The molecule has 0 bridgehead atoms. The lowest BCUT2D eigenvalue weighted by molar-refractivity contribution is -0.130. The number of methoxy groups -OCH3 is 2. The molecule has 1 aromatic carbocycles. The average molecular weight is 472 g/mol. The number of carbonyl (C=O) groups is 1.